The number of hydroxylamine groups is 2. The molecule has 1 aromatic rings. The van der Waals surface area contributed by atoms with Crippen molar-refractivity contribution in [3.63, 3.8) is 0 Å². The van der Waals surface area contributed by atoms with Crippen LogP contribution in [0.15, 0.2) is 60.7 Å². The Balaban J connectivity index is 2.10. The molecule has 0 bridgehead atoms. The summed E-state index contributed by atoms with van der Waals surface area (Å²) in [4.78, 5) is 6.25. The van der Waals surface area contributed by atoms with Gasteiger partial charge >= 0.3 is 0 Å². The molecule has 1 aromatic carbocycles. The first-order valence-corrected chi connectivity index (χ1v) is 7.51. The van der Waals surface area contributed by atoms with E-state index in [1.165, 1.54) is 5.57 Å². The van der Waals surface area contributed by atoms with Gasteiger partial charge in [0.2, 0.25) is 0 Å². The highest BCUT2D eigenvalue weighted by atomic mass is 16.7. The van der Waals surface area contributed by atoms with Crippen LogP contribution in [-0.4, -0.2) is 17.1 Å². The van der Waals surface area contributed by atoms with Crippen LogP contribution >= 0.6 is 0 Å². The van der Waals surface area contributed by atoms with Crippen LogP contribution in [-0.2, 0) is 4.84 Å². The van der Waals surface area contributed by atoms with Crippen molar-refractivity contribution in [1.82, 2.24) is 5.06 Å². The van der Waals surface area contributed by atoms with Gasteiger partial charge in [-0.25, -0.2) is 0 Å². The molecular weight excluding hydrogens is 258 g/mol. The topological polar surface area (TPSA) is 12.5 Å². The Labute approximate surface area is 127 Å². The highest BCUT2D eigenvalue weighted by Gasteiger charge is 2.54. The maximum atomic E-state index is 6.25. The smallest absolute Gasteiger partial charge is 0.159 e. The van der Waals surface area contributed by atoms with Crippen molar-refractivity contribution >= 4 is 5.76 Å². The monoisotopic (exact) mass is 281 g/mol. The number of allylic oxidation sites excluding steroid dienone is 2. The van der Waals surface area contributed by atoms with E-state index in [1.54, 1.807) is 0 Å². The molecule has 0 aliphatic carbocycles. The summed E-state index contributed by atoms with van der Waals surface area (Å²) in [6, 6.07) is 10.3. The third-order valence-corrected chi connectivity index (χ3v) is 4.41. The first-order chi connectivity index (χ1) is 9.96. The number of benzene rings is 1. The van der Waals surface area contributed by atoms with Gasteiger partial charge in [0, 0.05) is 17.7 Å². The number of hydrogen-bond acceptors (Lipinski definition) is 2. The highest BCUT2D eigenvalue weighted by molar-refractivity contribution is 5.70. The second-order valence-corrected chi connectivity index (χ2v) is 6.95. The summed E-state index contributed by atoms with van der Waals surface area (Å²) < 4.78 is 0. The van der Waals surface area contributed by atoms with E-state index in [0.717, 1.165) is 24.3 Å². The minimum Gasteiger partial charge on any atom is -0.404 e. The van der Waals surface area contributed by atoms with Crippen LogP contribution in [0.25, 0.3) is 5.76 Å². The molecule has 1 saturated heterocycles. The molecular formula is C19H23NO. The molecule has 2 heterocycles. The van der Waals surface area contributed by atoms with Gasteiger partial charge in [-0.3, -0.25) is 0 Å². The lowest BCUT2D eigenvalue weighted by Crippen LogP contribution is -2.36. The SMILES string of the molecule is C=C/C=C/C1=C(c2ccccc2)ON2CC(C)(C)CC12C. The summed E-state index contributed by atoms with van der Waals surface area (Å²) in [7, 11) is 0. The third-order valence-electron chi connectivity index (χ3n) is 4.41. The van der Waals surface area contributed by atoms with E-state index in [2.05, 4.69) is 62.8 Å². The molecule has 1 fully saturated rings. The van der Waals surface area contributed by atoms with E-state index in [0.29, 0.717) is 0 Å². The van der Waals surface area contributed by atoms with E-state index in [9.17, 15) is 0 Å². The normalized spacial score (nSPS) is 28.0. The third kappa shape index (κ3) is 2.34. The Morgan fingerprint density at radius 3 is 2.57 bits per heavy atom. The minimum atomic E-state index is -0.0613. The zero-order valence-electron chi connectivity index (χ0n) is 13.1. The fourth-order valence-electron chi connectivity index (χ4n) is 3.62. The van der Waals surface area contributed by atoms with E-state index in [1.807, 2.05) is 18.2 Å². The maximum absolute atomic E-state index is 6.25. The molecule has 0 amide bonds. The number of fused-ring (bicyclic) bond motifs is 1. The molecule has 0 aromatic heterocycles. The number of rotatable bonds is 3. The average Bonchev–Trinajstić information content (AvgIpc) is 2.82. The summed E-state index contributed by atoms with van der Waals surface area (Å²) in [6.45, 7) is 11.6. The maximum Gasteiger partial charge on any atom is 0.159 e. The van der Waals surface area contributed by atoms with Gasteiger partial charge in [0.15, 0.2) is 5.76 Å². The molecule has 2 aliphatic rings. The lowest BCUT2D eigenvalue weighted by atomic mass is 9.80. The summed E-state index contributed by atoms with van der Waals surface area (Å²) in [5.74, 6) is 0.978. The van der Waals surface area contributed by atoms with E-state index >= 15 is 0 Å². The summed E-state index contributed by atoms with van der Waals surface area (Å²) in [5.41, 5.74) is 2.59. The van der Waals surface area contributed by atoms with Crippen molar-refractivity contribution in [3.8, 4) is 0 Å². The van der Waals surface area contributed by atoms with Crippen molar-refractivity contribution in [1.29, 1.82) is 0 Å². The number of nitrogens with zero attached hydrogens (tertiary/aromatic N) is 1. The summed E-state index contributed by atoms with van der Waals surface area (Å²) >= 11 is 0. The first-order valence-electron chi connectivity index (χ1n) is 7.51. The Kier molecular flexibility index (Phi) is 3.29. The van der Waals surface area contributed by atoms with Gasteiger partial charge in [-0.1, -0.05) is 69.0 Å². The molecule has 1 atom stereocenters. The Bertz CT molecular complexity index is 612. The zero-order chi connectivity index (χ0) is 15.1. The zero-order valence-corrected chi connectivity index (χ0v) is 13.1. The van der Waals surface area contributed by atoms with Crippen molar-refractivity contribution in [2.24, 2.45) is 5.41 Å². The lowest BCUT2D eigenvalue weighted by molar-refractivity contribution is -0.105. The molecule has 21 heavy (non-hydrogen) atoms. The van der Waals surface area contributed by atoms with Gasteiger partial charge in [-0.2, -0.15) is 0 Å². The van der Waals surface area contributed by atoms with Crippen molar-refractivity contribution in [2.45, 2.75) is 32.7 Å². The van der Waals surface area contributed by atoms with E-state index < -0.39 is 0 Å². The average molecular weight is 281 g/mol. The molecule has 0 spiro atoms. The molecule has 2 aliphatic heterocycles. The van der Waals surface area contributed by atoms with Crippen LogP contribution in [0.4, 0.5) is 0 Å². The first kappa shape index (κ1) is 14.2. The molecule has 3 rings (SSSR count). The molecule has 0 saturated carbocycles. The van der Waals surface area contributed by atoms with Crippen LogP contribution < -0.4 is 0 Å². The Morgan fingerprint density at radius 1 is 1.19 bits per heavy atom. The second kappa shape index (κ2) is 4.88. The quantitative estimate of drug-likeness (QED) is 0.752. The van der Waals surface area contributed by atoms with E-state index in [-0.39, 0.29) is 11.0 Å². The van der Waals surface area contributed by atoms with Crippen LogP contribution in [0.2, 0.25) is 0 Å². The molecule has 2 nitrogen and oxygen atoms in total. The predicted octanol–water partition coefficient (Wildman–Crippen LogP) is 4.58. The molecule has 0 N–H and O–H groups in total. The Hall–Kier alpha value is -1.80. The summed E-state index contributed by atoms with van der Waals surface area (Å²) in [5, 5.41) is 2.15. The molecule has 0 radical (unpaired) electrons. The standard InChI is InChI=1S/C19H23NO/c1-5-6-12-16-17(15-10-8-7-9-11-15)21-20-14-18(2,3)13-19(16,20)4/h5-12H,1,13-14H2,2-4H3/b12-6+. The fraction of sp³-hybridized carbons (Fsp3) is 0.368. The van der Waals surface area contributed by atoms with Gasteiger partial charge in [-0.15, -0.1) is 5.06 Å². The molecule has 1 unspecified atom stereocenters. The van der Waals surface area contributed by atoms with Crippen molar-refractivity contribution < 1.29 is 4.84 Å². The highest BCUT2D eigenvalue weighted by Crippen LogP contribution is 2.52. The fourth-order valence-corrected chi connectivity index (χ4v) is 3.62. The van der Waals surface area contributed by atoms with Crippen LogP contribution in [0.3, 0.4) is 0 Å². The van der Waals surface area contributed by atoms with Crippen molar-refractivity contribution in [3.05, 3.63) is 66.3 Å². The van der Waals surface area contributed by atoms with Gasteiger partial charge in [0.1, 0.15) is 0 Å². The van der Waals surface area contributed by atoms with Gasteiger partial charge < -0.3 is 4.84 Å². The van der Waals surface area contributed by atoms with Gasteiger partial charge in [0.25, 0.3) is 0 Å². The lowest BCUT2D eigenvalue weighted by Gasteiger charge is -2.26. The Morgan fingerprint density at radius 2 is 1.90 bits per heavy atom. The molecule has 110 valence electrons. The number of hydrogen-bond donors (Lipinski definition) is 0. The summed E-state index contributed by atoms with van der Waals surface area (Å²) in [6.07, 6.45) is 7.06. The largest absolute Gasteiger partial charge is 0.404 e. The van der Waals surface area contributed by atoms with Crippen LogP contribution in [0, 0.1) is 5.41 Å². The van der Waals surface area contributed by atoms with E-state index in [4.69, 9.17) is 4.84 Å². The predicted molar refractivity (Wildman–Crippen MR) is 87.3 cm³/mol. The molecule has 2 heteroatoms. The van der Waals surface area contributed by atoms with Gasteiger partial charge in [-0.05, 0) is 18.8 Å². The van der Waals surface area contributed by atoms with Gasteiger partial charge in [0.05, 0.1) is 5.54 Å². The minimum absolute atomic E-state index is 0.0613. The van der Waals surface area contributed by atoms with Crippen LogP contribution in [0.1, 0.15) is 32.8 Å². The van der Waals surface area contributed by atoms with Crippen LogP contribution in [0.5, 0.6) is 0 Å². The van der Waals surface area contributed by atoms with Crippen molar-refractivity contribution in [2.75, 3.05) is 6.54 Å². The second-order valence-electron chi connectivity index (χ2n) is 6.95.